The van der Waals surface area contributed by atoms with Gasteiger partial charge in [-0.05, 0) is 18.2 Å². The summed E-state index contributed by atoms with van der Waals surface area (Å²) in [4.78, 5) is 12.1. The topological polar surface area (TPSA) is 50.1 Å². The highest BCUT2D eigenvalue weighted by Crippen LogP contribution is 2.27. The summed E-state index contributed by atoms with van der Waals surface area (Å²) in [5.41, 5.74) is -0.513. The molecule has 0 aromatic heterocycles. The summed E-state index contributed by atoms with van der Waals surface area (Å²) in [5, 5.41) is 9.43. The number of nitrogens with zero attached hydrogens (tertiary/aromatic N) is 1. The van der Waals surface area contributed by atoms with Gasteiger partial charge in [0.1, 0.15) is 6.07 Å². The van der Waals surface area contributed by atoms with Crippen LogP contribution in [-0.2, 0) is 10.3 Å². The van der Waals surface area contributed by atoms with Gasteiger partial charge in [0, 0.05) is 5.56 Å². The third-order valence-electron chi connectivity index (χ3n) is 2.92. The number of carbonyl (C=O) groups excluding carboxylic acids is 1. The van der Waals surface area contributed by atoms with Crippen LogP contribution in [0.25, 0.3) is 0 Å². The van der Waals surface area contributed by atoms with E-state index in [9.17, 15) is 10.1 Å². The van der Waals surface area contributed by atoms with Gasteiger partial charge >= 0.3 is 5.97 Å². The van der Waals surface area contributed by atoms with Gasteiger partial charge in [0.15, 0.2) is 0 Å². The molecule has 0 spiro atoms. The first-order valence-corrected chi connectivity index (χ1v) is 6.10. The van der Waals surface area contributed by atoms with E-state index >= 15 is 0 Å². The molecule has 2 rings (SSSR count). The summed E-state index contributed by atoms with van der Waals surface area (Å²) >= 11 is 0. The molecule has 0 amide bonds. The molecular formula is C17H13NO2. The number of esters is 1. The maximum Gasteiger partial charge on any atom is 0.340 e. The molecule has 0 radical (unpaired) electrons. The van der Waals surface area contributed by atoms with Crippen molar-refractivity contribution in [1.82, 2.24) is 0 Å². The molecule has 0 aliphatic rings. The Kier molecular flexibility index (Phi) is 3.97. The van der Waals surface area contributed by atoms with Crippen LogP contribution in [0.5, 0.6) is 0 Å². The number of hydrogen-bond acceptors (Lipinski definition) is 3. The molecule has 0 saturated heterocycles. The lowest BCUT2D eigenvalue weighted by molar-refractivity contribution is 0.0217. The third kappa shape index (κ3) is 2.60. The Morgan fingerprint density at radius 3 is 2.15 bits per heavy atom. The molecule has 0 bridgehead atoms. The molecule has 0 saturated carbocycles. The second kappa shape index (κ2) is 5.85. The lowest BCUT2D eigenvalue weighted by atomic mass is 9.95. The Morgan fingerprint density at radius 2 is 1.65 bits per heavy atom. The van der Waals surface area contributed by atoms with Crippen molar-refractivity contribution in [2.24, 2.45) is 0 Å². The van der Waals surface area contributed by atoms with E-state index in [2.05, 4.69) is 6.58 Å². The first kappa shape index (κ1) is 13.6. The van der Waals surface area contributed by atoms with Crippen LogP contribution in [0.3, 0.4) is 0 Å². The third-order valence-corrected chi connectivity index (χ3v) is 2.92. The van der Waals surface area contributed by atoms with E-state index in [1.165, 1.54) is 6.08 Å². The van der Waals surface area contributed by atoms with Gasteiger partial charge < -0.3 is 4.74 Å². The highest BCUT2D eigenvalue weighted by molar-refractivity contribution is 5.90. The molecule has 2 aromatic carbocycles. The number of carbonyl (C=O) groups is 1. The maximum atomic E-state index is 12.1. The molecule has 0 heterocycles. The van der Waals surface area contributed by atoms with Crippen LogP contribution in [0.4, 0.5) is 0 Å². The zero-order valence-corrected chi connectivity index (χ0v) is 10.8. The van der Waals surface area contributed by atoms with E-state index in [0.29, 0.717) is 11.1 Å². The van der Waals surface area contributed by atoms with Gasteiger partial charge in [-0.15, -0.1) is 0 Å². The summed E-state index contributed by atoms with van der Waals surface area (Å²) in [6.45, 7) is 3.63. The smallest absolute Gasteiger partial charge is 0.340 e. The van der Waals surface area contributed by atoms with Gasteiger partial charge in [0.2, 0.25) is 5.60 Å². The molecule has 20 heavy (non-hydrogen) atoms. The van der Waals surface area contributed by atoms with Crippen LogP contribution < -0.4 is 0 Å². The molecule has 0 fully saturated rings. The average Bonchev–Trinajstić information content (AvgIpc) is 2.54. The lowest BCUT2D eigenvalue weighted by Gasteiger charge is -2.23. The predicted molar refractivity (Wildman–Crippen MR) is 75.8 cm³/mol. The quantitative estimate of drug-likeness (QED) is 0.627. The molecule has 1 unspecified atom stereocenters. The number of benzene rings is 2. The fourth-order valence-electron chi connectivity index (χ4n) is 1.82. The number of rotatable bonds is 4. The summed E-state index contributed by atoms with van der Waals surface area (Å²) in [6, 6.07) is 19.4. The Balaban J connectivity index is 2.34. The number of ether oxygens (including phenoxy) is 1. The molecule has 98 valence electrons. The average molecular weight is 263 g/mol. The van der Waals surface area contributed by atoms with Crippen LogP contribution in [0.2, 0.25) is 0 Å². The van der Waals surface area contributed by atoms with Crippen molar-refractivity contribution in [2.45, 2.75) is 5.60 Å². The summed E-state index contributed by atoms with van der Waals surface area (Å²) in [7, 11) is 0. The van der Waals surface area contributed by atoms with Crippen LogP contribution in [0.15, 0.2) is 73.3 Å². The van der Waals surface area contributed by atoms with Crippen molar-refractivity contribution in [1.29, 1.82) is 5.26 Å². The largest absolute Gasteiger partial charge is 0.432 e. The fourth-order valence-corrected chi connectivity index (χ4v) is 1.82. The summed E-state index contributed by atoms with van der Waals surface area (Å²) in [5.74, 6) is -0.559. The first-order valence-electron chi connectivity index (χ1n) is 6.10. The van der Waals surface area contributed by atoms with E-state index in [1.54, 1.807) is 54.6 Å². The van der Waals surface area contributed by atoms with Crippen molar-refractivity contribution in [3.05, 3.63) is 84.4 Å². The highest BCUT2D eigenvalue weighted by atomic mass is 16.6. The number of nitriles is 1. The minimum absolute atomic E-state index is 0.393. The minimum Gasteiger partial charge on any atom is -0.432 e. The summed E-state index contributed by atoms with van der Waals surface area (Å²) in [6.07, 6.45) is 1.34. The molecule has 0 aliphatic carbocycles. The van der Waals surface area contributed by atoms with Crippen LogP contribution in [0, 0.1) is 11.3 Å². The first-order chi connectivity index (χ1) is 9.72. The molecule has 3 heteroatoms. The van der Waals surface area contributed by atoms with E-state index in [-0.39, 0.29) is 0 Å². The Labute approximate surface area is 117 Å². The highest BCUT2D eigenvalue weighted by Gasteiger charge is 2.33. The van der Waals surface area contributed by atoms with Crippen LogP contribution in [-0.4, -0.2) is 5.97 Å². The van der Waals surface area contributed by atoms with E-state index < -0.39 is 11.6 Å². The monoisotopic (exact) mass is 263 g/mol. The predicted octanol–water partition coefficient (Wildman–Crippen LogP) is 3.45. The maximum absolute atomic E-state index is 12.1. The SMILES string of the molecule is C=CC(C#N)(OC(=O)c1ccccc1)c1ccccc1. The molecule has 0 N–H and O–H groups in total. The minimum atomic E-state index is -1.48. The van der Waals surface area contributed by atoms with Crippen LogP contribution in [0.1, 0.15) is 15.9 Å². The van der Waals surface area contributed by atoms with Gasteiger partial charge in [-0.25, -0.2) is 4.79 Å². The Morgan fingerprint density at radius 1 is 1.10 bits per heavy atom. The second-order valence-corrected chi connectivity index (χ2v) is 4.17. The van der Waals surface area contributed by atoms with Crippen molar-refractivity contribution in [2.75, 3.05) is 0 Å². The van der Waals surface area contributed by atoms with Gasteiger partial charge in [-0.2, -0.15) is 5.26 Å². The van der Waals surface area contributed by atoms with Gasteiger partial charge in [0.25, 0.3) is 0 Å². The van der Waals surface area contributed by atoms with Gasteiger partial charge in [0.05, 0.1) is 5.56 Å². The zero-order chi connectivity index (χ0) is 14.4. The number of hydrogen-bond donors (Lipinski definition) is 0. The van der Waals surface area contributed by atoms with Gasteiger partial charge in [-0.3, -0.25) is 0 Å². The van der Waals surface area contributed by atoms with Crippen molar-refractivity contribution in [3.63, 3.8) is 0 Å². The van der Waals surface area contributed by atoms with E-state index in [4.69, 9.17) is 4.74 Å². The second-order valence-electron chi connectivity index (χ2n) is 4.17. The molecule has 2 aromatic rings. The zero-order valence-electron chi connectivity index (χ0n) is 10.8. The van der Waals surface area contributed by atoms with Gasteiger partial charge in [-0.1, -0.05) is 55.1 Å². The Hall–Kier alpha value is -2.86. The van der Waals surface area contributed by atoms with Crippen molar-refractivity contribution < 1.29 is 9.53 Å². The molecule has 0 aliphatic heterocycles. The van der Waals surface area contributed by atoms with E-state index in [0.717, 1.165) is 0 Å². The molecular weight excluding hydrogens is 250 g/mol. The molecule has 1 atom stereocenters. The fraction of sp³-hybridized carbons (Fsp3) is 0.0588. The molecule has 3 nitrogen and oxygen atoms in total. The summed E-state index contributed by atoms with van der Waals surface area (Å²) < 4.78 is 5.39. The van der Waals surface area contributed by atoms with E-state index in [1.807, 2.05) is 12.1 Å². The lowest BCUT2D eigenvalue weighted by Crippen LogP contribution is -2.28. The Bertz CT molecular complexity index is 644. The van der Waals surface area contributed by atoms with Crippen molar-refractivity contribution in [3.8, 4) is 6.07 Å². The standard InChI is InChI=1S/C17H13NO2/c1-2-17(13-18,15-11-7-4-8-12-15)20-16(19)14-9-5-3-6-10-14/h2-12H,1H2. The van der Waals surface area contributed by atoms with Crippen molar-refractivity contribution >= 4 is 5.97 Å². The normalized spacial score (nSPS) is 12.8. The van der Waals surface area contributed by atoms with Crippen LogP contribution >= 0.6 is 0 Å².